The van der Waals surface area contributed by atoms with Crippen molar-refractivity contribution in [1.82, 2.24) is 0 Å². The Hall–Kier alpha value is -2.89. The number of benzene rings is 2. The molecule has 1 aliphatic heterocycles. The van der Waals surface area contributed by atoms with Crippen LogP contribution in [0, 0.1) is 0 Å². The van der Waals surface area contributed by atoms with Crippen LogP contribution in [0.25, 0.3) is 11.1 Å². The van der Waals surface area contributed by atoms with E-state index in [0.717, 1.165) is 0 Å². The topological polar surface area (TPSA) is 85.2 Å². The molecule has 3 rings (SSSR count). The predicted molar refractivity (Wildman–Crippen MR) is 86.4 cm³/mol. The van der Waals surface area contributed by atoms with Crippen LogP contribution in [0.5, 0.6) is 23.0 Å². The quantitative estimate of drug-likeness (QED) is 0.839. The number of phenolic OH excluding ortho intramolecular Hbond substituents is 2. The fourth-order valence-corrected chi connectivity index (χ4v) is 2.93. The number of rotatable bonds is 4. The molecule has 1 heterocycles. The van der Waals surface area contributed by atoms with E-state index < -0.39 is 5.97 Å². The van der Waals surface area contributed by atoms with Crippen LogP contribution in [-0.4, -0.2) is 30.1 Å². The van der Waals surface area contributed by atoms with Gasteiger partial charge in [-0.2, -0.15) is 0 Å². The second kappa shape index (κ2) is 6.31. The van der Waals surface area contributed by atoms with Crippen molar-refractivity contribution in [2.75, 3.05) is 13.9 Å². The van der Waals surface area contributed by atoms with Crippen LogP contribution >= 0.6 is 0 Å². The summed E-state index contributed by atoms with van der Waals surface area (Å²) in [7, 11) is 1.30. The maximum absolute atomic E-state index is 11.8. The predicted octanol–water partition coefficient (Wildman–Crippen LogP) is 2.77. The van der Waals surface area contributed by atoms with Gasteiger partial charge < -0.3 is 24.4 Å². The maximum atomic E-state index is 11.8. The van der Waals surface area contributed by atoms with Crippen LogP contribution < -0.4 is 9.47 Å². The lowest BCUT2D eigenvalue weighted by atomic mass is 9.90. The molecule has 0 aliphatic carbocycles. The van der Waals surface area contributed by atoms with Crippen LogP contribution in [0.15, 0.2) is 24.3 Å². The summed E-state index contributed by atoms with van der Waals surface area (Å²) in [6, 6.07) is 6.56. The summed E-state index contributed by atoms with van der Waals surface area (Å²) in [5.74, 6) is 0.599. The number of carbonyl (C=O) groups is 1. The van der Waals surface area contributed by atoms with Gasteiger partial charge >= 0.3 is 5.97 Å². The Morgan fingerprint density at radius 2 is 1.88 bits per heavy atom. The molecule has 2 aromatic carbocycles. The van der Waals surface area contributed by atoms with Crippen LogP contribution in [-0.2, 0) is 22.4 Å². The zero-order valence-corrected chi connectivity index (χ0v) is 13.5. The van der Waals surface area contributed by atoms with Crippen molar-refractivity contribution in [3.05, 3.63) is 35.4 Å². The molecule has 24 heavy (non-hydrogen) atoms. The van der Waals surface area contributed by atoms with Gasteiger partial charge in [0.2, 0.25) is 6.79 Å². The highest BCUT2D eigenvalue weighted by molar-refractivity contribution is 5.84. The summed E-state index contributed by atoms with van der Waals surface area (Å²) < 4.78 is 15.4. The van der Waals surface area contributed by atoms with Gasteiger partial charge in [-0.05, 0) is 35.2 Å². The van der Waals surface area contributed by atoms with E-state index in [4.69, 9.17) is 14.2 Å². The molecular formula is C18H18O6. The minimum absolute atomic E-state index is 0.0432. The van der Waals surface area contributed by atoms with Gasteiger partial charge in [-0.3, -0.25) is 4.79 Å². The molecular weight excluding hydrogens is 312 g/mol. The molecule has 6 nitrogen and oxygen atoms in total. The number of ether oxygens (including phenoxy) is 3. The Balaban J connectivity index is 2.20. The van der Waals surface area contributed by atoms with Crippen molar-refractivity contribution in [2.24, 2.45) is 0 Å². The molecule has 0 radical (unpaired) electrons. The van der Waals surface area contributed by atoms with E-state index in [1.54, 1.807) is 18.2 Å². The number of aromatic hydroxyl groups is 2. The fourth-order valence-electron chi connectivity index (χ4n) is 2.93. The molecule has 2 N–H and O–H groups in total. The largest absolute Gasteiger partial charge is 0.508 e. The van der Waals surface area contributed by atoms with E-state index in [1.807, 2.05) is 6.92 Å². The summed E-state index contributed by atoms with van der Waals surface area (Å²) in [4.78, 5) is 11.8. The SMILES string of the molecule is CCc1c(O)cc(O)c(-c2ccc3c(c2)OCO3)c1CC(=O)OC. The van der Waals surface area contributed by atoms with Crippen molar-refractivity contribution in [2.45, 2.75) is 19.8 Å². The molecule has 6 heteroatoms. The van der Waals surface area contributed by atoms with Gasteiger partial charge in [0.05, 0.1) is 13.5 Å². The van der Waals surface area contributed by atoms with Crippen molar-refractivity contribution in [1.29, 1.82) is 0 Å². The molecule has 0 atom stereocenters. The lowest BCUT2D eigenvalue weighted by molar-refractivity contribution is -0.139. The minimum atomic E-state index is -0.448. The molecule has 0 fully saturated rings. The van der Waals surface area contributed by atoms with Gasteiger partial charge in [0.15, 0.2) is 11.5 Å². The molecule has 0 saturated heterocycles. The monoisotopic (exact) mass is 330 g/mol. The number of fused-ring (bicyclic) bond motifs is 1. The van der Waals surface area contributed by atoms with Gasteiger partial charge in [0.1, 0.15) is 11.5 Å². The third-order valence-electron chi connectivity index (χ3n) is 4.07. The number of hydrogen-bond acceptors (Lipinski definition) is 6. The zero-order chi connectivity index (χ0) is 17.3. The lowest BCUT2D eigenvalue weighted by Crippen LogP contribution is -2.08. The third kappa shape index (κ3) is 2.71. The molecule has 0 amide bonds. The van der Waals surface area contributed by atoms with Crippen molar-refractivity contribution in [3.8, 4) is 34.1 Å². The number of methoxy groups -OCH3 is 1. The average Bonchev–Trinajstić information content (AvgIpc) is 3.02. The van der Waals surface area contributed by atoms with Gasteiger partial charge in [-0.25, -0.2) is 0 Å². The minimum Gasteiger partial charge on any atom is -0.508 e. The molecule has 0 saturated carbocycles. The van der Waals surface area contributed by atoms with E-state index in [-0.39, 0.29) is 24.7 Å². The second-order valence-electron chi connectivity index (χ2n) is 5.42. The first-order chi connectivity index (χ1) is 11.5. The summed E-state index contributed by atoms with van der Waals surface area (Å²) in [6.45, 7) is 2.02. The van der Waals surface area contributed by atoms with E-state index in [1.165, 1.54) is 13.2 Å². The molecule has 0 spiro atoms. The highest BCUT2D eigenvalue weighted by Gasteiger charge is 2.22. The van der Waals surface area contributed by atoms with Crippen LogP contribution in [0.1, 0.15) is 18.1 Å². The third-order valence-corrected chi connectivity index (χ3v) is 4.07. The summed E-state index contributed by atoms with van der Waals surface area (Å²) >= 11 is 0. The first-order valence-corrected chi connectivity index (χ1v) is 7.58. The summed E-state index contributed by atoms with van der Waals surface area (Å²) in [5.41, 5.74) is 2.30. The van der Waals surface area contributed by atoms with E-state index in [2.05, 4.69) is 0 Å². The Morgan fingerprint density at radius 3 is 2.58 bits per heavy atom. The Kier molecular flexibility index (Phi) is 4.20. The maximum Gasteiger partial charge on any atom is 0.310 e. The van der Waals surface area contributed by atoms with E-state index >= 15 is 0 Å². The van der Waals surface area contributed by atoms with Gasteiger partial charge in [0.25, 0.3) is 0 Å². The normalized spacial score (nSPS) is 12.2. The average molecular weight is 330 g/mol. The number of phenols is 2. The van der Waals surface area contributed by atoms with E-state index in [9.17, 15) is 15.0 Å². The zero-order valence-electron chi connectivity index (χ0n) is 13.5. The lowest BCUT2D eigenvalue weighted by Gasteiger charge is -2.17. The van der Waals surface area contributed by atoms with Crippen molar-refractivity contribution < 1.29 is 29.2 Å². The molecule has 0 bridgehead atoms. The van der Waals surface area contributed by atoms with Crippen LogP contribution in [0.3, 0.4) is 0 Å². The van der Waals surface area contributed by atoms with E-state index in [0.29, 0.717) is 40.2 Å². The fraction of sp³-hybridized carbons (Fsp3) is 0.278. The second-order valence-corrected chi connectivity index (χ2v) is 5.42. The number of carbonyl (C=O) groups excluding carboxylic acids is 1. The highest BCUT2D eigenvalue weighted by Crippen LogP contribution is 2.43. The molecule has 0 unspecified atom stereocenters. The molecule has 2 aromatic rings. The van der Waals surface area contributed by atoms with Crippen LogP contribution in [0.2, 0.25) is 0 Å². The van der Waals surface area contributed by atoms with Crippen LogP contribution in [0.4, 0.5) is 0 Å². The summed E-state index contributed by atoms with van der Waals surface area (Å²) in [6.07, 6.45) is 0.460. The number of hydrogen-bond donors (Lipinski definition) is 2. The Morgan fingerprint density at radius 1 is 1.12 bits per heavy atom. The number of esters is 1. The van der Waals surface area contributed by atoms with Crippen molar-refractivity contribution >= 4 is 5.97 Å². The Bertz CT molecular complexity index is 797. The standard InChI is InChI=1S/C18H18O6/c1-3-11-12(7-17(21)22-2)18(14(20)8-13(11)19)10-4-5-15-16(6-10)24-9-23-15/h4-6,8,19-20H,3,7,9H2,1-2H3. The smallest absolute Gasteiger partial charge is 0.310 e. The summed E-state index contributed by atoms with van der Waals surface area (Å²) in [5, 5.41) is 20.5. The van der Waals surface area contributed by atoms with Gasteiger partial charge in [0, 0.05) is 11.6 Å². The van der Waals surface area contributed by atoms with Crippen molar-refractivity contribution in [3.63, 3.8) is 0 Å². The highest BCUT2D eigenvalue weighted by atomic mass is 16.7. The first-order valence-electron chi connectivity index (χ1n) is 7.58. The van der Waals surface area contributed by atoms with Gasteiger partial charge in [-0.1, -0.05) is 13.0 Å². The van der Waals surface area contributed by atoms with Gasteiger partial charge in [-0.15, -0.1) is 0 Å². The molecule has 0 aromatic heterocycles. The Labute approximate surface area is 139 Å². The first kappa shape index (κ1) is 16.0. The molecule has 126 valence electrons. The molecule has 1 aliphatic rings.